The second-order valence-corrected chi connectivity index (χ2v) is 4.30. The summed E-state index contributed by atoms with van der Waals surface area (Å²) in [7, 11) is -2.45. The Morgan fingerprint density at radius 1 is 1.33 bits per heavy atom. The molecule has 0 aliphatic carbocycles. The van der Waals surface area contributed by atoms with Crippen molar-refractivity contribution in [1.82, 2.24) is 5.32 Å². The molecule has 0 amide bonds. The van der Waals surface area contributed by atoms with E-state index in [1.54, 1.807) is 18.2 Å². The first kappa shape index (κ1) is 11.7. The Hall–Kier alpha value is -1.40. The lowest BCUT2D eigenvalue weighted by molar-refractivity contribution is -0.132. The molecule has 0 bridgehead atoms. The van der Waals surface area contributed by atoms with Gasteiger partial charge in [-0.25, -0.2) is 4.79 Å². The van der Waals surface area contributed by atoms with Crippen molar-refractivity contribution in [2.24, 2.45) is 0 Å². The molecule has 0 radical (unpaired) electrons. The first-order valence-corrected chi connectivity index (χ1v) is 5.64. The number of benzene rings is 1. The van der Waals surface area contributed by atoms with E-state index in [2.05, 4.69) is 9.50 Å². The highest BCUT2D eigenvalue weighted by Gasteiger charge is 2.18. The van der Waals surface area contributed by atoms with Gasteiger partial charge in [0.1, 0.15) is 4.90 Å². The van der Waals surface area contributed by atoms with E-state index in [1.165, 1.54) is 19.2 Å². The van der Waals surface area contributed by atoms with Crippen LogP contribution in [0.25, 0.3) is 0 Å². The van der Waals surface area contributed by atoms with E-state index in [9.17, 15) is 13.2 Å². The van der Waals surface area contributed by atoms with Crippen LogP contribution >= 0.6 is 0 Å². The van der Waals surface area contributed by atoms with Gasteiger partial charge >= 0.3 is 16.1 Å². The molecule has 1 rings (SSSR count). The summed E-state index contributed by atoms with van der Waals surface area (Å²) in [6.45, 7) is -0.147. The third kappa shape index (κ3) is 3.34. The molecular weight excluding hydrogens is 218 g/mol. The summed E-state index contributed by atoms with van der Waals surface area (Å²) in [4.78, 5) is 10.9. The van der Waals surface area contributed by atoms with Gasteiger partial charge in [-0.05, 0) is 19.2 Å². The quantitative estimate of drug-likeness (QED) is 0.743. The molecule has 0 saturated heterocycles. The van der Waals surface area contributed by atoms with Gasteiger partial charge in [-0.1, -0.05) is 18.2 Å². The summed E-state index contributed by atoms with van der Waals surface area (Å²) in [5.41, 5.74) is 0. The van der Waals surface area contributed by atoms with Crippen molar-refractivity contribution in [2.75, 3.05) is 13.6 Å². The average molecular weight is 229 g/mol. The molecule has 0 spiro atoms. The number of carbonyl (C=O) groups excluding carboxylic acids is 1. The standard InChI is InChI=1S/C9H11NO4S/c1-10-7-9(11)14-15(12,13)8-5-3-2-4-6-8/h2-6,10H,7H2,1H3. The molecule has 0 aromatic heterocycles. The molecule has 0 aliphatic heterocycles. The number of likely N-dealkylation sites (N-methyl/N-ethyl adjacent to an activating group) is 1. The van der Waals surface area contributed by atoms with Crippen LogP contribution in [-0.2, 0) is 19.1 Å². The molecule has 5 nitrogen and oxygen atoms in total. The molecule has 0 heterocycles. The predicted molar refractivity (Wildman–Crippen MR) is 53.6 cm³/mol. The minimum absolute atomic E-state index is 0.0329. The van der Waals surface area contributed by atoms with E-state index in [0.29, 0.717) is 0 Å². The maximum absolute atomic E-state index is 11.4. The SMILES string of the molecule is CNCC(=O)OS(=O)(=O)c1ccccc1. The van der Waals surface area contributed by atoms with E-state index >= 15 is 0 Å². The van der Waals surface area contributed by atoms with Gasteiger partial charge in [0.05, 0.1) is 6.54 Å². The fourth-order valence-electron chi connectivity index (χ4n) is 0.931. The van der Waals surface area contributed by atoms with Crippen LogP contribution in [0.2, 0.25) is 0 Å². The largest absolute Gasteiger partial charge is 0.341 e. The Morgan fingerprint density at radius 3 is 2.47 bits per heavy atom. The number of hydrogen-bond acceptors (Lipinski definition) is 5. The van der Waals surface area contributed by atoms with Crippen molar-refractivity contribution in [2.45, 2.75) is 4.90 Å². The van der Waals surface area contributed by atoms with Gasteiger partial charge in [0.2, 0.25) is 0 Å². The van der Waals surface area contributed by atoms with Crippen molar-refractivity contribution < 1.29 is 17.4 Å². The van der Waals surface area contributed by atoms with Crippen molar-refractivity contribution >= 4 is 16.1 Å². The maximum atomic E-state index is 11.4. The van der Waals surface area contributed by atoms with Gasteiger partial charge in [0.15, 0.2) is 0 Å². The Morgan fingerprint density at radius 2 is 1.93 bits per heavy atom. The van der Waals surface area contributed by atoms with Gasteiger partial charge < -0.3 is 9.50 Å². The average Bonchev–Trinajstić information content (AvgIpc) is 2.18. The summed E-state index contributed by atoms with van der Waals surface area (Å²) in [6.07, 6.45) is 0. The summed E-state index contributed by atoms with van der Waals surface area (Å²) in [5, 5.41) is 2.50. The number of carbonyl (C=O) groups is 1. The molecule has 1 aromatic rings. The summed E-state index contributed by atoms with van der Waals surface area (Å²) in [5.74, 6) is -0.832. The molecule has 0 fully saturated rings. The second kappa shape index (κ2) is 4.90. The third-order valence-corrected chi connectivity index (χ3v) is 2.81. The van der Waals surface area contributed by atoms with Crippen LogP contribution in [0.3, 0.4) is 0 Å². The molecule has 82 valence electrons. The molecule has 6 heteroatoms. The minimum Gasteiger partial charge on any atom is -0.341 e. The van der Waals surface area contributed by atoms with Crippen LogP contribution in [0.1, 0.15) is 0 Å². The zero-order valence-corrected chi connectivity index (χ0v) is 8.95. The van der Waals surface area contributed by atoms with E-state index in [-0.39, 0.29) is 11.4 Å². The summed E-state index contributed by atoms with van der Waals surface area (Å²) >= 11 is 0. The van der Waals surface area contributed by atoms with Crippen molar-refractivity contribution in [3.63, 3.8) is 0 Å². The van der Waals surface area contributed by atoms with E-state index in [4.69, 9.17) is 0 Å². The Balaban J connectivity index is 2.81. The topological polar surface area (TPSA) is 72.5 Å². The van der Waals surface area contributed by atoms with E-state index in [0.717, 1.165) is 0 Å². The van der Waals surface area contributed by atoms with Gasteiger partial charge in [-0.15, -0.1) is 0 Å². The normalized spacial score (nSPS) is 11.0. The van der Waals surface area contributed by atoms with Crippen molar-refractivity contribution in [3.8, 4) is 0 Å². The van der Waals surface area contributed by atoms with Gasteiger partial charge in [-0.2, -0.15) is 8.42 Å². The molecule has 1 aromatic carbocycles. The highest BCUT2D eigenvalue weighted by atomic mass is 32.2. The molecule has 0 saturated carbocycles. The summed E-state index contributed by atoms with van der Waals surface area (Å²) in [6, 6.07) is 7.51. The highest BCUT2D eigenvalue weighted by Crippen LogP contribution is 2.10. The first-order chi connectivity index (χ1) is 7.06. The molecule has 0 aliphatic rings. The second-order valence-electron chi connectivity index (χ2n) is 2.75. The zero-order chi connectivity index (χ0) is 11.3. The Kier molecular flexibility index (Phi) is 3.81. The molecule has 0 atom stereocenters. The Labute approximate surface area is 88.2 Å². The Bertz CT molecular complexity index is 427. The monoisotopic (exact) mass is 229 g/mol. The zero-order valence-electron chi connectivity index (χ0n) is 8.14. The first-order valence-electron chi connectivity index (χ1n) is 4.23. The van der Waals surface area contributed by atoms with Crippen LogP contribution in [0.4, 0.5) is 0 Å². The lowest BCUT2D eigenvalue weighted by Gasteiger charge is -2.04. The van der Waals surface area contributed by atoms with Gasteiger partial charge in [-0.3, -0.25) is 0 Å². The number of hydrogen-bond donors (Lipinski definition) is 1. The van der Waals surface area contributed by atoms with Crippen LogP contribution in [0.15, 0.2) is 35.2 Å². The van der Waals surface area contributed by atoms with Gasteiger partial charge in [0, 0.05) is 0 Å². The van der Waals surface area contributed by atoms with Crippen molar-refractivity contribution in [3.05, 3.63) is 30.3 Å². The van der Waals surface area contributed by atoms with E-state index in [1.807, 2.05) is 0 Å². The molecule has 15 heavy (non-hydrogen) atoms. The van der Waals surface area contributed by atoms with Crippen LogP contribution in [-0.4, -0.2) is 28.0 Å². The fraction of sp³-hybridized carbons (Fsp3) is 0.222. The van der Waals surface area contributed by atoms with Crippen molar-refractivity contribution in [1.29, 1.82) is 0 Å². The molecular formula is C9H11NO4S. The molecule has 1 N–H and O–H groups in total. The van der Waals surface area contributed by atoms with Crippen LogP contribution in [0, 0.1) is 0 Å². The third-order valence-electron chi connectivity index (χ3n) is 1.56. The summed E-state index contributed by atoms with van der Waals surface area (Å²) < 4.78 is 27.2. The lowest BCUT2D eigenvalue weighted by atomic mass is 10.4. The molecule has 0 unspecified atom stereocenters. The van der Waals surface area contributed by atoms with E-state index < -0.39 is 16.1 Å². The predicted octanol–water partition coefficient (Wildman–Crippen LogP) is 0.138. The number of rotatable bonds is 4. The maximum Gasteiger partial charge on any atom is 0.341 e. The minimum atomic E-state index is -3.97. The smallest absolute Gasteiger partial charge is 0.341 e. The fourth-order valence-corrected chi connectivity index (χ4v) is 1.82. The van der Waals surface area contributed by atoms with Crippen LogP contribution in [0.5, 0.6) is 0 Å². The van der Waals surface area contributed by atoms with Gasteiger partial charge in [0.25, 0.3) is 0 Å². The highest BCUT2D eigenvalue weighted by molar-refractivity contribution is 7.87. The van der Waals surface area contributed by atoms with Crippen LogP contribution < -0.4 is 5.32 Å². The number of nitrogens with one attached hydrogen (secondary N) is 1. The lowest BCUT2D eigenvalue weighted by Crippen LogP contribution is -2.23.